The molecular formula is C20H27F6N5O5. The van der Waals surface area contributed by atoms with Gasteiger partial charge in [0.2, 0.25) is 23.6 Å². The van der Waals surface area contributed by atoms with Crippen molar-refractivity contribution >= 4 is 29.5 Å². The highest BCUT2D eigenvalue weighted by atomic mass is 19.4. The summed E-state index contributed by atoms with van der Waals surface area (Å²) < 4.78 is 78.6. The molecule has 5 atom stereocenters. The van der Waals surface area contributed by atoms with Gasteiger partial charge in [-0.1, -0.05) is 13.8 Å². The number of nitrogens with one attached hydrogen (secondary N) is 3. The number of likely N-dealkylation sites (tertiary alicyclic amines) is 1. The van der Waals surface area contributed by atoms with Crippen LogP contribution in [0.3, 0.4) is 0 Å². The summed E-state index contributed by atoms with van der Waals surface area (Å²) in [6.07, 6.45) is -11.0. The van der Waals surface area contributed by atoms with Crippen molar-refractivity contribution in [3.8, 4) is 0 Å². The number of carbonyl (C=O) groups is 5. The predicted octanol–water partition coefficient (Wildman–Crippen LogP) is -0.0348. The Labute approximate surface area is 201 Å². The summed E-state index contributed by atoms with van der Waals surface area (Å²) in [5.41, 5.74) is 5.28. The Morgan fingerprint density at radius 2 is 1.72 bits per heavy atom. The minimum Gasteiger partial charge on any atom is -0.368 e. The largest absolute Gasteiger partial charge is 0.471 e. The van der Waals surface area contributed by atoms with Gasteiger partial charge in [0.25, 0.3) is 0 Å². The fraction of sp³-hybridized carbons (Fsp3) is 0.750. The molecule has 2 fully saturated rings. The molecule has 0 aromatic heterocycles. The Balaban J connectivity index is 2.28. The number of alkyl halides is 6. The molecule has 2 saturated heterocycles. The lowest BCUT2D eigenvalue weighted by atomic mass is 9.97. The van der Waals surface area contributed by atoms with Crippen LogP contribution in [0.1, 0.15) is 33.1 Å². The van der Waals surface area contributed by atoms with Crippen LogP contribution in [0.5, 0.6) is 0 Å². The van der Waals surface area contributed by atoms with Crippen LogP contribution < -0.4 is 21.7 Å². The van der Waals surface area contributed by atoms with E-state index in [1.165, 1.54) is 19.2 Å². The maximum absolute atomic E-state index is 13.5. The van der Waals surface area contributed by atoms with Gasteiger partial charge in [0.15, 0.2) is 0 Å². The van der Waals surface area contributed by atoms with Gasteiger partial charge in [-0.15, -0.1) is 0 Å². The van der Waals surface area contributed by atoms with E-state index >= 15 is 0 Å². The normalized spacial score (nSPS) is 24.3. The van der Waals surface area contributed by atoms with Crippen LogP contribution in [-0.2, 0) is 24.0 Å². The first-order valence-electron chi connectivity index (χ1n) is 11.1. The summed E-state index contributed by atoms with van der Waals surface area (Å²) in [7, 11) is 0. The van der Waals surface area contributed by atoms with E-state index in [-0.39, 0.29) is 6.42 Å². The zero-order chi connectivity index (χ0) is 27.6. The molecule has 2 aliphatic heterocycles. The molecule has 0 unspecified atom stereocenters. The van der Waals surface area contributed by atoms with Crippen LogP contribution in [0.2, 0.25) is 0 Å². The molecular weight excluding hydrogens is 504 g/mol. The average molecular weight is 531 g/mol. The molecule has 0 aliphatic carbocycles. The Bertz CT molecular complexity index is 893. The van der Waals surface area contributed by atoms with E-state index in [0.29, 0.717) is 17.9 Å². The molecule has 0 bridgehead atoms. The van der Waals surface area contributed by atoms with Crippen molar-refractivity contribution in [3.05, 3.63) is 0 Å². The van der Waals surface area contributed by atoms with Crippen molar-refractivity contribution in [3.63, 3.8) is 0 Å². The van der Waals surface area contributed by atoms with Crippen LogP contribution in [0.4, 0.5) is 26.3 Å². The minimum atomic E-state index is -5.36. The van der Waals surface area contributed by atoms with E-state index in [9.17, 15) is 50.3 Å². The van der Waals surface area contributed by atoms with Crippen LogP contribution >= 0.6 is 0 Å². The SMILES string of the molecule is CC(C)[C@H](NC(=O)C(F)(F)F)C(=O)N1C[C@H](C(F)(F)F)C[C@H]1C(=O)N[C@@H](C[C@@H]1CCNC1=O)C(N)=O. The predicted molar refractivity (Wildman–Crippen MR) is 109 cm³/mol. The van der Waals surface area contributed by atoms with E-state index in [0.717, 1.165) is 0 Å². The number of nitrogens with zero attached hydrogens (tertiary/aromatic N) is 1. The van der Waals surface area contributed by atoms with Crippen molar-refractivity contribution in [1.29, 1.82) is 0 Å². The van der Waals surface area contributed by atoms with Gasteiger partial charge in [0.05, 0.1) is 5.92 Å². The van der Waals surface area contributed by atoms with Gasteiger partial charge in [0, 0.05) is 19.0 Å². The number of nitrogens with two attached hydrogens (primary N) is 1. The fourth-order valence-electron chi connectivity index (χ4n) is 4.15. The lowest BCUT2D eigenvalue weighted by Gasteiger charge is -2.31. The second-order valence-corrected chi connectivity index (χ2v) is 9.15. The van der Waals surface area contributed by atoms with E-state index in [1.54, 1.807) is 0 Å². The van der Waals surface area contributed by atoms with E-state index in [4.69, 9.17) is 5.73 Å². The van der Waals surface area contributed by atoms with E-state index in [1.807, 2.05) is 0 Å². The van der Waals surface area contributed by atoms with Crippen molar-refractivity contribution in [2.24, 2.45) is 23.5 Å². The summed E-state index contributed by atoms with van der Waals surface area (Å²) in [4.78, 5) is 61.5. The third-order valence-corrected chi connectivity index (χ3v) is 6.17. The molecule has 0 aromatic rings. The second-order valence-electron chi connectivity index (χ2n) is 9.15. The van der Waals surface area contributed by atoms with Gasteiger partial charge in [-0.3, -0.25) is 24.0 Å². The Hall–Kier alpha value is -3.07. The molecule has 204 valence electrons. The maximum Gasteiger partial charge on any atom is 0.471 e. The zero-order valence-electron chi connectivity index (χ0n) is 19.3. The molecule has 36 heavy (non-hydrogen) atoms. The van der Waals surface area contributed by atoms with E-state index < -0.39 is 90.7 Å². The molecule has 2 rings (SSSR count). The third kappa shape index (κ3) is 7.00. The Morgan fingerprint density at radius 1 is 1.11 bits per heavy atom. The Kier molecular flexibility index (Phi) is 8.83. The van der Waals surface area contributed by atoms with Gasteiger partial charge >= 0.3 is 18.3 Å². The number of rotatable bonds is 8. The standard InChI is InChI=1S/C20H27F6N5O5/c1-8(2)13(30-18(36)20(24,25)26)17(35)31-7-10(19(21,22)23)6-12(31)16(34)29-11(14(27)32)5-9-3-4-28-15(9)33/h8-13H,3-7H2,1-2H3,(H2,27,32)(H,28,33)(H,29,34)(H,30,36)/t9-,10+,11-,12-,13-/m0/s1. The number of amides is 5. The van der Waals surface area contributed by atoms with Crippen molar-refractivity contribution in [2.75, 3.05) is 13.1 Å². The van der Waals surface area contributed by atoms with Crippen molar-refractivity contribution in [1.82, 2.24) is 20.9 Å². The van der Waals surface area contributed by atoms with Crippen LogP contribution in [0, 0.1) is 17.8 Å². The smallest absolute Gasteiger partial charge is 0.368 e. The highest BCUT2D eigenvalue weighted by Gasteiger charge is 2.53. The van der Waals surface area contributed by atoms with Gasteiger partial charge < -0.3 is 26.6 Å². The first-order chi connectivity index (χ1) is 16.4. The van der Waals surface area contributed by atoms with Crippen LogP contribution in [0.25, 0.3) is 0 Å². The molecule has 2 aliphatic rings. The van der Waals surface area contributed by atoms with Gasteiger partial charge in [0.1, 0.15) is 18.1 Å². The first-order valence-corrected chi connectivity index (χ1v) is 11.1. The quantitative estimate of drug-likeness (QED) is 0.324. The summed E-state index contributed by atoms with van der Waals surface area (Å²) in [6.45, 7) is 1.81. The Morgan fingerprint density at radius 3 is 2.17 bits per heavy atom. The lowest BCUT2D eigenvalue weighted by molar-refractivity contribution is -0.176. The average Bonchev–Trinajstić information content (AvgIpc) is 3.36. The highest BCUT2D eigenvalue weighted by molar-refractivity contribution is 5.95. The summed E-state index contributed by atoms with van der Waals surface area (Å²) in [5, 5.41) is 6.17. The van der Waals surface area contributed by atoms with E-state index in [2.05, 4.69) is 10.6 Å². The summed E-state index contributed by atoms with van der Waals surface area (Å²) in [6, 6.07) is -5.14. The van der Waals surface area contributed by atoms with Gasteiger partial charge in [-0.25, -0.2) is 0 Å². The number of halogens is 6. The number of hydrogen-bond acceptors (Lipinski definition) is 5. The van der Waals surface area contributed by atoms with Crippen molar-refractivity contribution in [2.45, 2.75) is 63.6 Å². The third-order valence-electron chi connectivity index (χ3n) is 6.17. The minimum absolute atomic E-state index is 0.230. The summed E-state index contributed by atoms with van der Waals surface area (Å²) in [5.74, 6) is -10.3. The monoisotopic (exact) mass is 531 g/mol. The molecule has 16 heteroatoms. The van der Waals surface area contributed by atoms with Gasteiger partial charge in [-0.05, 0) is 25.2 Å². The lowest BCUT2D eigenvalue weighted by Crippen LogP contribution is -2.58. The molecule has 2 heterocycles. The molecule has 0 aromatic carbocycles. The zero-order valence-corrected chi connectivity index (χ0v) is 19.3. The molecule has 5 N–H and O–H groups in total. The number of primary amides is 1. The second kappa shape index (κ2) is 10.9. The molecule has 0 radical (unpaired) electrons. The topological polar surface area (TPSA) is 151 Å². The van der Waals surface area contributed by atoms with Crippen molar-refractivity contribution < 1.29 is 50.3 Å². The van der Waals surface area contributed by atoms with Crippen LogP contribution in [-0.4, -0.2) is 78.0 Å². The van der Waals surface area contributed by atoms with Crippen LogP contribution in [0.15, 0.2) is 0 Å². The maximum atomic E-state index is 13.5. The molecule has 0 saturated carbocycles. The summed E-state index contributed by atoms with van der Waals surface area (Å²) >= 11 is 0. The molecule has 0 spiro atoms. The van der Waals surface area contributed by atoms with Gasteiger partial charge in [-0.2, -0.15) is 26.3 Å². The molecule has 10 nitrogen and oxygen atoms in total. The highest BCUT2D eigenvalue weighted by Crippen LogP contribution is 2.37. The number of hydrogen-bond donors (Lipinski definition) is 4. The fourth-order valence-corrected chi connectivity index (χ4v) is 4.15. The molecule has 5 amide bonds. The first kappa shape index (κ1) is 29.2. The number of carbonyl (C=O) groups excluding carboxylic acids is 5.